The first-order valence-corrected chi connectivity index (χ1v) is 5.18. The number of aromatic amines is 1. The van der Waals surface area contributed by atoms with E-state index in [4.69, 9.17) is 4.74 Å². The maximum absolute atomic E-state index is 11.9. The zero-order valence-corrected chi connectivity index (χ0v) is 9.85. The molecule has 2 rings (SSSR count). The molecule has 0 aromatic carbocycles. The first-order chi connectivity index (χ1) is 7.88. The molecule has 90 valence electrons. The summed E-state index contributed by atoms with van der Waals surface area (Å²) in [5, 5.41) is 6.06. The van der Waals surface area contributed by atoms with Gasteiger partial charge in [0.05, 0.1) is 0 Å². The molecule has 0 amide bonds. The normalized spacial score (nSPS) is 11.7. The van der Waals surface area contributed by atoms with Gasteiger partial charge >= 0.3 is 11.7 Å². The molecular weight excluding hydrogens is 222 g/mol. The number of carbonyl (C=O) groups excluding carboxylic acids is 1. The Morgan fingerprint density at radius 3 is 2.76 bits per heavy atom. The first kappa shape index (κ1) is 11.4. The smallest absolute Gasteiger partial charge is 0.356 e. The number of aromatic nitrogens is 3. The molecule has 0 radical (unpaired) electrons. The van der Waals surface area contributed by atoms with Crippen molar-refractivity contribution >= 4 is 11.6 Å². The fraction of sp³-hybridized carbons (Fsp3) is 0.364. The summed E-state index contributed by atoms with van der Waals surface area (Å²) < 4.78 is 6.40. The van der Waals surface area contributed by atoms with Crippen LogP contribution in [-0.4, -0.2) is 26.2 Å². The fourth-order valence-electron chi connectivity index (χ4n) is 1.44. The Kier molecular flexibility index (Phi) is 2.49. The number of pyridine rings is 1. The highest BCUT2D eigenvalue weighted by Crippen LogP contribution is 2.12. The van der Waals surface area contributed by atoms with E-state index in [1.807, 2.05) is 0 Å². The van der Waals surface area contributed by atoms with Crippen LogP contribution in [0.2, 0.25) is 0 Å². The topological polar surface area (TPSA) is 76.5 Å². The molecule has 2 aromatic rings. The molecule has 17 heavy (non-hydrogen) atoms. The van der Waals surface area contributed by atoms with Crippen molar-refractivity contribution < 1.29 is 9.53 Å². The van der Waals surface area contributed by atoms with E-state index in [2.05, 4.69) is 10.2 Å². The monoisotopic (exact) mass is 235 g/mol. The minimum atomic E-state index is -0.605. The van der Waals surface area contributed by atoms with Crippen molar-refractivity contribution in [3.8, 4) is 0 Å². The molecule has 0 saturated carbocycles. The van der Waals surface area contributed by atoms with Crippen molar-refractivity contribution in [2.75, 3.05) is 0 Å². The number of nitrogens with zero attached hydrogens (tertiary/aromatic N) is 2. The molecule has 0 aliphatic heterocycles. The Hall–Kier alpha value is -2.11. The first-order valence-electron chi connectivity index (χ1n) is 5.18. The predicted molar refractivity (Wildman–Crippen MR) is 61.0 cm³/mol. The van der Waals surface area contributed by atoms with Crippen LogP contribution in [0.1, 0.15) is 31.3 Å². The highest BCUT2D eigenvalue weighted by molar-refractivity contribution is 5.88. The lowest BCUT2D eigenvalue weighted by atomic mass is 10.2. The van der Waals surface area contributed by atoms with E-state index >= 15 is 0 Å². The van der Waals surface area contributed by atoms with E-state index in [1.165, 1.54) is 10.5 Å². The molecule has 0 unspecified atom stereocenters. The largest absolute Gasteiger partial charge is 0.455 e. The van der Waals surface area contributed by atoms with Crippen molar-refractivity contribution in [1.29, 1.82) is 0 Å². The molecule has 0 aliphatic rings. The zero-order chi connectivity index (χ0) is 12.6. The standard InChI is InChI=1S/C11H13N3O3/c1-11(2,3)17-9(15)7-5-4-6-8-12-13-10(16)14(7)8/h4-6H,1-3H3,(H,13,16). The molecule has 0 atom stereocenters. The van der Waals surface area contributed by atoms with Crippen LogP contribution >= 0.6 is 0 Å². The minimum absolute atomic E-state index is 0.163. The van der Waals surface area contributed by atoms with Crippen LogP contribution in [-0.2, 0) is 4.74 Å². The van der Waals surface area contributed by atoms with E-state index in [9.17, 15) is 9.59 Å². The van der Waals surface area contributed by atoms with Gasteiger partial charge in [0.2, 0.25) is 0 Å². The number of fused-ring (bicyclic) bond motifs is 1. The van der Waals surface area contributed by atoms with Crippen molar-refractivity contribution in [1.82, 2.24) is 14.6 Å². The molecule has 1 N–H and O–H groups in total. The number of ether oxygens (including phenoxy) is 1. The molecule has 0 aliphatic carbocycles. The third-order valence-electron chi connectivity index (χ3n) is 2.05. The number of esters is 1. The van der Waals surface area contributed by atoms with E-state index < -0.39 is 17.3 Å². The van der Waals surface area contributed by atoms with Crippen LogP contribution in [0.25, 0.3) is 5.65 Å². The number of H-pyrrole nitrogens is 1. The van der Waals surface area contributed by atoms with Crippen LogP contribution in [0.5, 0.6) is 0 Å². The summed E-state index contributed by atoms with van der Waals surface area (Å²) in [6.45, 7) is 5.30. The lowest BCUT2D eigenvalue weighted by Gasteiger charge is -2.19. The van der Waals surface area contributed by atoms with E-state index in [-0.39, 0.29) is 5.69 Å². The van der Waals surface area contributed by atoms with Crippen LogP contribution < -0.4 is 5.69 Å². The number of hydrogen-bond acceptors (Lipinski definition) is 4. The van der Waals surface area contributed by atoms with Gasteiger partial charge in [-0.25, -0.2) is 19.1 Å². The van der Waals surface area contributed by atoms with Crippen LogP contribution in [0.3, 0.4) is 0 Å². The minimum Gasteiger partial charge on any atom is -0.455 e. The molecule has 6 nitrogen and oxygen atoms in total. The third-order valence-corrected chi connectivity index (χ3v) is 2.05. The predicted octanol–water partition coefficient (Wildman–Crippen LogP) is 0.978. The molecule has 0 bridgehead atoms. The molecule has 2 heterocycles. The highest BCUT2D eigenvalue weighted by Gasteiger charge is 2.20. The van der Waals surface area contributed by atoms with Crippen LogP contribution in [0, 0.1) is 0 Å². The molecule has 0 saturated heterocycles. The summed E-state index contributed by atoms with van der Waals surface area (Å²) in [7, 11) is 0. The second kappa shape index (κ2) is 3.73. The fourth-order valence-corrected chi connectivity index (χ4v) is 1.44. The summed E-state index contributed by atoms with van der Waals surface area (Å²) in [5.74, 6) is -0.549. The number of hydrogen-bond donors (Lipinski definition) is 1. The lowest BCUT2D eigenvalue weighted by Crippen LogP contribution is -2.27. The van der Waals surface area contributed by atoms with Crippen molar-refractivity contribution in [3.63, 3.8) is 0 Å². The van der Waals surface area contributed by atoms with Crippen molar-refractivity contribution in [3.05, 3.63) is 34.4 Å². The number of carbonyl (C=O) groups is 1. The highest BCUT2D eigenvalue weighted by atomic mass is 16.6. The molecular formula is C11H13N3O3. The molecule has 0 spiro atoms. The number of nitrogens with one attached hydrogen (secondary N) is 1. The Morgan fingerprint density at radius 2 is 2.12 bits per heavy atom. The van der Waals surface area contributed by atoms with Gasteiger partial charge in [0.25, 0.3) is 0 Å². The Labute approximate surface area is 97.2 Å². The van der Waals surface area contributed by atoms with Gasteiger partial charge < -0.3 is 4.74 Å². The van der Waals surface area contributed by atoms with Gasteiger partial charge in [-0.1, -0.05) is 6.07 Å². The summed E-state index contributed by atoms with van der Waals surface area (Å²) >= 11 is 0. The summed E-state index contributed by atoms with van der Waals surface area (Å²) in [4.78, 5) is 23.4. The van der Waals surface area contributed by atoms with Gasteiger partial charge in [-0.2, -0.15) is 5.10 Å². The quantitative estimate of drug-likeness (QED) is 0.747. The average molecular weight is 235 g/mol. The van der Waals surface area contributed by atoms with Gasteiger partial charge in [0.1, 0.15) is 11.3 Å². The van der Waals surface area contributed by atoms with Gasteiger partial charge in [-0.05, 0) is 32.9 Å². The second-order valence-corrected chi connectivity index (χ2v) is 4.64. The van der Waals surface area contributed by atoms with Crippen LogP contribution in [0.15, 0.2) is 23.0 Å². The SMILES string of the molecule is CC(C)(C)OC(=O)c1cccc2n[nH]c(=O)n12. The summed E-state index contributed by atoms with van der Waals surface area (Å²) in [6, 6.07) is 4.80. The lowest BCUT2D eigenvalue weighted by molar-refractivity contribution is 0.00608. The molecule has 0 fully saturated rings. The van der Waals surface area contributed by atoms with Gasteiger partial charge in [-0.15, -0.1) is 0 Å². The van der Waals surface area contributed by atoms with Gasteiger partial charge in [0.15, 0.2) is 5.65 Å². The Bertz CT molecular complexity index is 619. The van der Waals surface area contributed by atoms with Gasteiger partial charge in [-0.3, -0.25) is 0 Å². The Balaban J connectivity index is 2.52. The molecule has 2 aromatic heterocycles. The third kappa shape index (κ3) is 2.20. The summed E-state index contributed by atoms with van der Waals surface area (Å²) in [6.07, 6.45) is 0. The number of rotatable bonds is 1. The second-order valence-electron chi connectivity index (χ2n) is 4.64. The van der Waals surface area contributed by atoms with Crippen molar-refractivity contribution in [2.24, 2.45) is 0 Å². The maximum Gasteiger partial charge on any atom is 0.356 e. The molecule has 6 heteroatoms. The average Bonchev–Trinajstić information content (AvgIpc) is 2.58. The summed E-state index contributed by atoms with van der Waals surface area (Å²) in [5.41, 5.74) is -0.511. The van der Waals surface area contributed by atoms with E-state index in [0.717, 1.165) is 0 Å². The van der Waals surface area contributed by atoms with E-state index in [0.29, 0.717) is 5.65 Å². The Morgan fingerprint density at radius 1 is 1.41 bits per heavy atom. The zero-order valence-electron chi connectivity index (χ0n) is 9.85. The van der Waals surface area contributed by atoms with Crippen molar-refractivity contribution in [2.45, 2.75) is 26.4 Å². The maximum atomic E-state index is 11.9. The van der Waals surface area contributed by atoms with E-state index in [1.54, 1.807) is 32.9 Å². The van der Waals surface area contributed by atoms with Gasteiger partial charge in [0, 0.05) is 0 Å². The van der Waals surface area contributed by atoms with Crippen LogP contribution in [0.4, 0.5) is 0 Å².